The molecule has 5 rings (SSSR count). The molecule has 0 bridgehead atoms. The van der Waals surface area contributed by atoms with Crippen LogP contribution in [0, 0.1) is 5.82 Å². The van der Waals surface area contributed by atoms with E-state index in [1.807, 2.05) is 0 Å². The van der Waals surface area contributed by atoms with Gasteiger partial charge in [-0.25, -0.2) is 24.3 Å². The highest BCUT2D eigenvalue weighted by Gasteiger charge is 2.30. The van der Waals surface area contributed by atoms with Gasteiger partial charge in [0.1, 0.15) is 23.0 Å². The van der Waals surface area contributed by atoms with Gasteiger partial charge in [0, 0.05) is 24.4 Å². The van der Waals surface area contributed by atoms with Gasteiger partial charge in [0.15, 0.2) is 17.5 Å². The van der Waals surface area contributed by atoms with Gasteiger partial charge in [-0.1, -0.05) is 19.1 Å². The minimum atomic E-state index is -1.13. The Hall–Kier alpha value is -4.71. The fourth-order valence-corrected chi connectivity index (χ4v) is 4.46. The molecular formula is C26H25FN6O5. The van der Waals surface area contributed by atoms with Crippen molar-refractivity contribution in [2.75, 3.05) is 26.1 Å². The zero-order valence-corrected chi connectivity index (χ0v) is 20.9. The van der Waals surface area contributed by atoms with Gasteiger partial charge in [-0.2, -0.15) is 5.10 Å². The van der Waals surface area contributed by atoms with E-state index in [0.717, 1.165) is 0 Å². The summed E-state index contributed by atoms with van der Waals surface area (Å²) in [6, 6.07) is 6.73. The van der Waals surface area contributed by atoms with Gasteiger partial charge in [-0.3, -0.25) is 9.80 Å². The molecule has 12 heteroatoms. The molecule has 196 valence electrons. The lowest BCUT2D eigenvalue weighted by atomic mass is 10.1. The first kappa shape index (κ1) is 25.0. The average Bonchev–Trinajstić information content (AvgIpc) is 3.49. The summed E-state index contributed by atoms with van der Waals surface area (Å²) in [4.78, 5) is 29.7. The normalized spacial score (nSPS) is 15.4. The first-order chi connectivity index (χ1) is 18.4. The SMILES string of the molecule is CCC(C(=O)O)n1nc(NC(=O)c2ccccc2OC)c2cc(F)c(C3=C4C=C(OC)C=CN4NC3)nc21. The molecule has 1 atom stereocenters. The summed E-state index contributed by atoms with van der Waals surface area (Å²) in [7, 11) is 2.98. The van der Waals surface area contributed by atoms with Crippen molar-refractivity contribution in [3.8, 4) is 5.75 Å². The van der Waals surface area contributed by atoms with E-state index in [4.69, 9.17) is 9.47 Å². The Morgan fingerprint density at radius 2 is 2.05 bits per heavy atom. The number of allylic oxidation sites excluding steroid dienone is 2. The lowest BCUT2D eigenvalue weighted by Gasteiger charge is -2.19. The monoisotopic (exact) mass is 520 g/mol. The maximum atomic E-state index is 15.6. The largest absolute Gasteiger partial charge is 0.497 e. The van der Waals surface area contributed by atoms with Gasteiger partial charge in [0.25, 0.3) is 5.91 Å². The molecule has 0 aliphatic carbocycles. The molecule has 3 N–H and O–H groups in total. The number of methoxy groups -OCH3 is 2. The number of carboxylic acids is 1. The van der Waals surface area contributed by atoms with E-state index in [1.165, 1.54) is 25.0 Å². The Balaban J connectivity index is 1.65. The van der Waals surface area contributed by atoms with Gasteiger partial charge in [-0.15, -0.1) is 0 Å². The van der Waals surface area contributed by atoms with E-state index < -0.39 is 23.7 Å². The van der Waals surface area contributed by atoms with Crippen molar-refractivity contribution in [1.29, 1.82) is 0 Å². The first-order valence-electron chi connectivity index (χ1n) is 11.8. The number of amides is 1. The predicted octanol–water partition coefficient (Wildman–Crippen LogP) is 3.46. The molecule has 0 saturated carbocycles. The van der Waals surface area contributed by atoms with Crippen LogP contribution in [0.15, 0.2) is 60.1 Å². The standard InChI is InChI=1S/C26H25FN6O5/c1-4-19(26(35)36)33-24-16(23(31-33)30-25(34)15-7-5-6-8-21(15)38-3)12-18(27)22(29-24)17-13-28-32-10-9-14(37-2)11-20(17)32/h5-12,19,28H,4,13H2,1-3H3,(H,35,36)(H,30,31,34). The number of nitrogens with zero attached hydrogens (tertiary/aromatic N) is 4. The number of anilines is 1. The third kappa shape index (κ3) is 4.24. The van der Waals surface area contributed by atoms with E-state index in [9.17, 15) is 14.7 Å². The fraction of sp³-hybridized carbons (Fsp3) is 0.231. The molecule has 1 aromatic carbocycles. The molecule has 0 radical (unpaired) electrons. The zero-order chi connectivity index (χ0) is 27.0. The highest BCUT2D eigenvalue weighted by Crippen LogP contribution is 2.34. The van der Waals surface area contributed by atoms with Crippen molar-refractivity contribution in [3.05, 3.63) is 77.2 Å². The van der Waals surface area contributed by atoms with Crippen molar-refractivity contribution < 1.29 is 28.6 Å². The van der Waals surface area contributed by atoms with Crippen molar-refractivity contribution in [3.63, 3.8) is 0 Å². The molecule has 0 fully saturated rings. The van der Waals surface area contributed by atoms with Gasteiger partial charge < -0.3 is 19.9 Å². The number of aliphatic carboxylic acids is 1. The summed E-state index contributed by atoms with van der Waals surface area (Å²) in [5.74, 6) is -1.42. The van der Waals surface area contributed by atoms with Gasteiger partial charge in [0.05, 0.1) is 30.9 Å². The number of hydrogen-bond acceptors (Lipinski definition) is 8. The number of hydrogen-bond donors (Lipinski definition) is 3. The number of nitrogens with one attached hydrogen (secondary N) is 2. The lowest BCUT2D eigenvalue weighted by molar-refractivity contribution is -0.141. The van der Waals surface area contributed by atoms with E-state index in [0.29, 0.717) is 22.8 Å². The number of benzene rings is 1. The maximum absolute atomic E-state index is 15.6. The molecule has 38 heavy (non-hydrogen) atoms. The molecule has 2 aliphatic heterocycles. The smallest absolute Gasteiger partial charge is 0.328 e. The van der Waals surface area contributed by atoms with Crippen molar-refractivity contribution in [1.82, 2.24) is 25.2 Å². The molecule has 11 nitrogen and oxygen atoms in total. The molecule has 0 saturated heterocycles. The number of carboxylic acid groups (broad SMARTS) is 1. The number of carbonyl (C=O) groups is 2. The van der Waals surface area contributed by atoms with Crippen LogP contribution in [0.5, 0.6) is 5.75 Å². The van der Waals surface area contributed by atoms with Crippen LogP contribution in [0.1, 0.15) is 35.4 Å². The summed E-state index contributed by atoms with van der Waals surface area (Å²) in [5, 5.41) is 18.8. The Kier molecular flexibility index (Phi) is 6.55. The maximum Gasteiger partial charge on any atom is 0.328 e. The van der Waals surface area contributed by atoms with Crippen LogP contribution in [0.25, 0.3) is 16.6 Å². The Morgan fingerprint density at radius 3 is 2.76 bits per heavy atom. The number of halogens is 1. The van der Waals surface area contributed by atoms with Crippen LogP contribution >= 0.6 is 0 Å². The third-order valence-electron chi connectivity index (χ3n) is 6.37. The Labute approximate surface area is 216 Å². The van der Waals surface area contributed by atoms with Crippen LogP contribution in [0.3, 0.4) is 0 Å². The summed E-state index contributed by atoms with van der Waals surface area (Å²) in [5.41, 5.74) is 4.74. The zero-order valence-electron chi connectivity index (χ0n) is 20.9. The first-order valence-corrected chi connectivity index (χ1v) is 11.8. The second kappa shape index (κ2) is 9.98. The van der Waals surface area contributed by atoms with Crippen molar-refractivity contribution >= 4 is 34.3 Å². The molecule has 2 aliphatic rings. The number of para-hydroxylation sites is 1. The fourth-order valence-electron chi connectivity index (χ4n) is 4.46. The van der Waals surface area contributed by atoms with Crippen LogP contribution < -0.4 is 15.5 Å². The molecule has 2 aromatic heterocycles. The quantitative estimate of drug-likeness (QED) is 0.409. The number of aromatic nitrogens is 3. The summed E-state index contributed by atoms with van der Waals surface area (Å²) >= 11 is 0. The number of carbonyl (C=O) groups excluding carboxylic acids is 1. The lowest BCUT2D eigenvalue weighted by Crippen LogP contribution is -2.27. The van der Waals surface area contributed by atoms with Crippen molar-refractivity contribution in [2.45, 2.75) is 19.4 Å². The molecule has 4 heterocycles. The van der Waals surface area contributed by atoms with Crippen molar-refractivity contribution in [2.24, 2.45) is 0 Å². The number of ether oxygens (including phenoxy) is 2. The van der Waals surface area contributed by atoms with Gasteiger partial charge >= 0.3 is 5.97 Å². The minimum absolute atomic E-state index is 0.0143. The molecule has 1 unspecified atom stereocenters. The second-order valence-corrected chi connectivity index (χ2v) is 8.54. The van der Waals surface area contributed by atoms with E-state index in [2.05, 4.69) is 20.8 Å². The molecule has 0 spiro atoms. The minimum Gasteiger partial charge on any atom is -0.497 e. The predicted molar refractivity (Wildman–Crippen MR) is 136 cm³/mol. The van der Waals surface area contributed by atoms with E-state index in [-0.39, 0.29) is 41.1 Å². The van der Waals surface area contributed by atoms with Gasteiger partial charge in [0.2, 0.25) is 0 Å². The highest BCUT2D eigenvalue weighted by atomic mass is 19.1. The number of rotatable bonds is 8. The van der Waals surface area contributed by atoms with Crippen LogP contribution in [0.4, 0.5) is 10.2 Å². The number of fused-ring (bicyclic) bond motifs is 2. The topological polar surface area (TPSA) is 131 Å². The molecule has 3 aromatic rings. The summed E-state index contributed by atoms with van der Waals surface area (Å²) in [6.07, 6.45) is 5.46. The van der Waals surface area contributed by atoms with Gasteiger partial charge in [-0.05, 0) is 30.7 Å². The average molecular weight is 521 g/mol. The number of hydrazine groups is 1. The van der Waals surface area contributed by atoms with Crippen LogP contribution in [-0.2, 0) is 9.53 Å². The van der Waals surface area contributed by atoms with Crippen LogP contribution in [0.2, 0.25) is 0 Å². The Bertz CT molecular complexity index is 1540. The van der Waals surface area contributed by atoms with Crippen LogP contribution in [-0.4, -0.2) is 57.5 Å². The highest BCUT2D eigenvalue weighted by molar-refractivity contribution is 6.09. The molecular weight excluding hydrogens is 495 g/mol. The molecule has 1 amide bonds. The summed E-state index contributed by atoms with van der Waals surface area (Å²) < 4.78 is 27.4. The Morgan fingerprint density at radius 1 is 1.26 bits per heavy atom. The van der Waals surface area contributed by atoms with E-state index in [1.54, 1.807) is 54.6 Å². The summed E-state index contributed by atoms with van der Waals surface area (Å²) in [6.45, 7) is 1.98. The number of pyridine rings is 1. The van der Waals surface area contributed by atoms with E-state index >= 15 is 4.39 Å². The second-order valence-electron chi connectivity index (χ2n) is 8.54. The third-order valence-corrected chi connectivity index (χ3v) is 6.37.